The van der Waals surface area contributed by atoms with Gasteiger partial charge in [0.05, 0.1) is 5.69 Å². The molecule has 0 aromatic carbocycles. The first-order valence-corrected chi connectivity index (χ1v) is 7.29. The van der Waals surface area contributed by atoms with Gasteiger partial charge in [0.1, 0.15) is 0 Å². The lowest BCUT2D eigenvalue weighted by molar-refractivity contribution is -0.119. The molecule has 1 aliphatic heterocycles. The molecule has 1 aromatic rings. The Labute approximate surface area is 124 Å². The molecule has 1 atom stereocenters. The average Bonchev–Trinajstić information content (AvgIpc) is 2.74. The number of amides is 3. The molecule has 116 valence electrons. The summed E-state index contributed by atoms with van der Waals surface area (Å²) in [5.74, 6) is -0.359. The van der Waals surface area contributed by atoms with Crippen LogP contribution in [0, 0.1) is 6.92 Å². The van der Waals surface area contributed by atoms with Gasteiger partial charge in [-0.1, -0.05) is 0 Å². The molecule has 1 fully saturated rings. The van der Waals surface area contributed by atoms with Gasteiger partial charge < -0.3 is 16.0 Å². The van der Waals surface area contributed by atoms with E-state index in [-0.39, 0.29) is 24.4 Å². The second-order valence-corrected chi connectivity index (χ2v) is 5.59. The fourth-order valence-corrected chi connectivity index (χ4v) is 2.81. The fraction of sp³-hybridized carbons (Fsp3) is 0.643. The summed E-state index contributed by atoms with van der Waals surface area (Å²) < 4.78 is 1.73. The topological polar surface area (TPSA) is 93.2 Å². The summed E-state index contributed by atoms with van der Waals surface area (Å²) in [6, 6.07) is -0.213. The molecule has 7 heteroatoms. The first kappa shape index (κ1) is 15.3. The number of urea groups is 1. The Balaban J connectivity index is 1.94. The minimum Gasteiger partial charge on any atom is -0.370 e. The lowest BCUT2D eigenvalue weighted by Gasteiger charge is -2.35. The van der Waals surface area contributed by atoms with E-state index in [9.17, 15) is 9.59 Å². The number of nitrogens with one attached hydrogen (secondary N) is 1. The van der Waals surface area contributed by atoms with Crippen molar-refractivity contribution in [3.63, 3.8) is 0 Å². The third kappa shape index (κ3) is 3.96. The number of aryl methyl sites for hydroxylation is 2. The van der Waals surface area contributed by atoms with Crippen molar-refractivity contribution < 1.29 is 9.59 Å². The van der Waals surface area contributed by atoms with Crippen molar-refractivity contribution >= 4 is 11.9 Å². The van der Waals surface area contributed by atoms with E-state index in [1.807, 2.05) is 20.2 Å². The van der Waals surface area contributed by atoms with Crippen molar-refractivity contribution in [1.82, 2.24) is 20.0 Å². The van der Waals surface area contributed by atoms with Gasteiger partial charge in [-0.3, -0.25) is 9.48 Å². The van der Waals surface area contributed by atoms with E-state index in [4.69, 9.17) is 5.73 Å². The quantitative estimate of drug-likeness (QED) is 0.854. The van der Waals surface area contributed by atoms with Crippen LogP contribution < -0.4 is 11.1 Å². The maximum absolute atomic E-state index is 12.3. The predicted molar refractivity (Wildman–Crippen MR) is 78.3 cm³/mol. The third-order valence-electron chi connectivity index (χ3n) is 3.87. The molecule has 2 heterocycles. The number of nitrogens with zero attached hydrogens (tertiary/aromatic N) is 3. The van der Waals surface area contributed by atoms with Crippen LogP contribution in [0.2, 0.25) is 0 Å². The summed E-state index contributed by atoms with van der Waals surface area (Å²) in [5, 5.41) is 7.15. The van der Waals surface area contributed by atoms with Gasteiger partial charge in [-0.15, -0.1) is 0 Å². The minimum atomic E-state index is -0.359. The largest absolute Gasteiger partial charge is 0.370 e. The zero-order valence-electron chi connectivity index (χ0n) is 12.6. The second kappa shape index (κ2) is 6.60. The molecule has 1 aromatic heterocycles. The van der Waals surface area contributed by atoms with Crippen molar-refractivity contribution in [2.75, 3.05) is 6.54 Å². The molecule has 0 spiro atoms. The number of piperidine rings is 1. The van der Waals surface area contributed by atoms with Gasteiger partial charge in [-0.05, 0) is 26.2 Å². The van der Waals surface area contributed by atoms with E-state index in [0.717, 1.165) is 30.5 Å². The highest BCUT2D eigenvalue weighted by Crippen LogP contribution is 2.19. The summed E-state index contributed by atoms with van der Waals surface area (Å²) in [6.07, 6.45) is 4.96. The van der Waals surface area contributed by atoms with Crippen LogP contribution in [0.5, 0.6) is 0 Å². The zero-order chi connectivity index (χ0) is 15.4. The SMILES string of the molecule is Cc1nn(C)cc1CNC(=O)N1CCCCC1CC(N)=O. The van der Waals surface area contributed by atoms with Crippen molar-refractivity contribution in [1.29, 1.82) is 0 Å². The van der Waals surface area contributed by atoms with Crippen LogP contribution in [0.15, 0.2) is 6.20 Å². The predicted octanol–water partition coefficient (Wildman–Crippen LogP) is 0.668. The van der Waals surface area contributed by atoms with E-state index < -0.39 is 0 Å². The molecular weight excluding hydrogens is 270 g/mol. The van der Waals surface area contributed by atoms with Crippen molar-refractivity contribution in [3.05, 3.63) is 17.5 Å². The Hall–Kier alpha value is -2.05. The van der Waals surface area contributed by atoms with E-state index in [1.165, 1.54) is 0 Å². The highest BCUT2D eigenvalue weighted by molar-refractivity contribution is 5.78. The van der Waals surface area contributed by atoms with Crippen LogP contribution >= 0.6 is 0 Å². The Bertz CT molecular complexity index is 525. The molecule has 3 amide bonds. The minimum absolute atomic E-state index is 0.0776. The summed E-state index contributed by atoms with van der Waals surface area (Å²) >= 11 is 0. The average molecular weight is 293 g/mol. The molecule has 1 aliphatic rings. The Morgan fingerprint density at radius 3 is 2.86 bits per heavy atom. The van der Waals surface area contributed by atoms with Gasteiger partial charge in [0.2, 0.25) is 5.91 Å². The highest BCUT2D eigenvalue weighted by Gasteiger charge is 2.27. The van der Waals surface area contributed by atoms with Crippen molar-refractivity contribution in [2.24, 2.45) is 12.8 Å². The van der Waals surface area contributed by atoms with Crippen LogP contribution in [-0.2, 0) is 18.4 Å². The number of hydrogen-bond donors (Lipinski definition) is 2. The van der Waals surface area contributed by atoms with Crippen LogP contribution in [0.4, 0.5) is 4.79 Å². The molecule has 1 unspecified atom stereocenters. The van der Waals surface area contributed by atoms with Gasteiger partial charge in [0.15, 0.2) is 0 Å². The maximum atomic E-state index is 12.3. The maximum Gasteiger partial charge on any atom is 0.317 e. The number of nitrogens with two attached hydrogens (primary N) is 1. The lowest BCUT2D eigenvalue weighted by atomic mass is 9.99. The number of carbonyl (C=O) groups is 2. The molecule has 0 radical (unpaired) electrons. The lowest BCUT2D eigenvalue weighted by Crippen LogP contribution is -2.49. The Morgan fingerprint density at radius 1 is 1.48 bits per heavy atom. The Morgan fingerprint density at radius 2 is 2.24 bits per heavy atom. The van der Waals surface area contributed by atoms with Crippen molar-refractivity contribution in [3.8, 4) is 0 Å². The summed E-state index contributed by atoms with van der Waals surface area (Å²) in [7, 11) is 1.85. The molecule has 21 heavy (non-hydrogen) atoms. The van der Waals surface area contributed by atoms with E-state index >= 15 is 0 Å². The number of rotatable bonds is 4. The highest BCUT2D eigenvalue weighted by atomic mass is 16.2. The number of primary amides is 1. The smallest absolute Gasteiger partial charge is 0.317 e. The second-order valence-electron chi connectivity index (χ2n) is 5.59. The summed E-state index contributed by atoms with van der Waals surface area (Å²) in [6.45, 7) is 3.03. The van der Waals surface area contributed by atoms with Crippen LogP contribution in [0.25, 0.3) is 0 Å². The van der Waals surface area contributed by atoms with Crippen LogP contribution in [-0.4, -0.2) is 39.2 Å². The van der Waals surface area contributed by atoms with Gasteiger partial charge in [-0.25, -0.2) is 4.79 Å². The molecule has 3 N–H and O–H groups in total. The molecule has 0 aliphatic carbocycles. The summed E-state index contributed by atoms with van der Waals surface area (Å²) in [5.41, 5.74) is 7.17. The number of aromatic nitrogens is 2. The number of carbonyl (C=O) groups excluding carboxylic acids is 2. The normalized spacial score (nSPS) is 18.6. The first-order valence-electron chi connectivity index (χ1n) is 7.29. The van der Waals surface area contributed by atoms with E-state index in [0.29, 0.717) is 13.1 Å². The molecule has 7 nitrogen and oxygen atoms in total. The number of likely N-dealkylation sites (tertiary alicyclic amines) is 1. The van der Waals surface area contributed by atoms with Crippen LogP contribution in [0.1, 0.15) is 36.9 Å². The summed E-state index contributed by atoms with van der Waals surface area (Å²) in [4.78, 5) is 25.2. The van der Waals surface area contributed by atoms with Gasteiger partial charge >= 0.3 is 6.03 Å². The number of hydrogen-bond acceptors (Lipinski definition) is 3. The molecule has 1 saturated heterocycles. The first-order chi connectivity index (χ1) is 9.97. The van der Waals surface area contributed by atoms with Gasteiger partial charge in [-0.2, -0.15) is 5.10 Å². The monoisotopic (exact) mass is 293 g/mol. The third-order valence-corrected chi connectivity index (χ3v) is 3.87. The Kier molecular flexibility index (Phi) is 4.82. The van der Waals surface area contributed by atoms with E-state index in [2.05, 4.69) is 10.4 Å². The zero-order valence-corrected chi connectivity index (χ0v) is 12.6. The van der Waals surface area contributed by atoms with Gasteiger partial charge in [0, 0.05) is 44.4 Å². The van der Waals surface area contributed by atoms with Crippen LogP contribution in [0.3, 0.4) is 0 Å². The molecule has 0 bridgehead atoms. The molecule has 2 rings (SSSR count). The fourth-order valence-electron chi connectivity index (χ4n) is 2.81. The van der Waals surface area contributed by atoms with Gasteiger partial charge in [0.25, 0.3) is 0 Å². The van der Waals surface area contributed by atoms with Crippen molar-refractivity contribution in [2.45, 2.75) is 45.2 Å². The van der Waals surface area contributed by atoms with E-state index in [1.54, 1.807) is 9.58 Å². The molecule has 0 saturated carbocycles. The molecular formula is C14H23N5O2. The standard InChI is InChI=1S/C14H23N5O2/c1-10-11(9-18(2)17-10)8-16-14(21)19-6-4-3-5-12(19)7-13(15)20/h9,12H,3-8H2,1-2H3,(H2,15,20)(H,16,21).